The zero-order valence-corrected chi connectivity index (χ0v) is 14.0. The molecule has 0 radical (unpaired) electrons. The molecule has 1 aromatic rings. The number of hydrogen-bond acceptors (Lipinski definition) is 1. The molecule has 1 heterocycles. The van der Waals surface area contributed by atoms with E-state index in [2.05, 4.69) is 57.7 Å². The summed E-state index contributed by atoms with van der Waals surface area (Å²) < 4.78 is 0. The Morgan fingerprint density at radius 2 is 1.70 bits per heavy atom. The summed E-state index contributed by atoms with van der Waals surface area (Å²) in [5, 5.41) is 0. The van der Waals surface area contributed by atoms with Gasteiger partial charge in [-0.25, -0.2) is 0 Å². The van der Waals surface area contributed by atoms with Crippen LogP contribution >= 0.6 is 0 Å². The van der Waals surface area contributed by atoms with Crippen LogP contribution < -0.4 is 0 Å². The van der Waals surface area contributed by atoms with Crippen LogP contribution in [0.4, 0.5) is 0 Å². The van der Waals surface area contributed by atoms with Gasteiger partial charge in [0.2, 0.25) is 0 Å². The van der Waals surface area contributed by atoms with E-state index < -0.39 is 0 Å². The van der Waals surface area contributed by atoms with Gasteiger partial charge in [-0.2, -0.15) is 0 Å². The van der Waals surface area contributed by atoms with Crippen LogP contribution in [0.25, 0.3) is 0 Å². The molecule has 0 spiro atoms. The Bertz CT molecular complexity index is 434. The van der Waals surface area contributed by atoms with Crippen LogP contribution in [0.15, 0.2) is 18.2 Å². The topological polar surface area (TPSA) is 3.24 Å². The van der Waals surface area contributed by atoms with Gasteiger partial charge in [-0.3, -0.25) is 4.90 Å². The van der Waals surface area contributed by atoms with Crippen molar-refractivity contribution in [3.05, 3.63) is 34.9 Å². The Balaban J connectivity index is 1.83. The van der Waals surface area contributed by atoms with E-state index in [1.807, 2.05) is 0 Å². The van der Waals surface area contributed by atoms with Crippen LogP contribution in [0.3, 0.4) is 0 Å². The minimum absolute atomic E-state index is 0.487. The minimum atomic E-state index is 0.487. The fourth-order valence-corrected chi connectivity index (χ4v) is 3.37. The van der Waals surface area contributed by atoms with Crippen molar-refractivity contribution in [1.82, 2.24) is 4.90 Å². The first kappa shape index (κ1) is 15.6. The molecule has 0 amide bonds. The Hall–Kier alpha value is -0.820. The number of nitrogens with zero attached hydrogens (tertiary/aromatic N) is 1. The van der Waals surface area contributed by atoms with E-state index in [9.17, 15) is 0 Å². The number of rotatable bonds is 3. The quantitative estimate of drug-likeness (QED) is 0.753. The molecule has 1 nitrogen and oxygen atoms in total. The van der Waals surface area contributed by atoms with Crippen molar-refractivity contribution in [2.45, 2.75) is 60.4 Å². The maximum absolute atomic E-state index is 2.63. The molecule has 1 fully saturated rings. The van der Waals surface area contributed by atoms with Gasteiger partial charge < -0.3 is 0 Å². The van der Waals surface area contributed by atoms with Gasteiger partial charge in [-0.15, -0.1) is 0 Å². The molecule has 0 aliphatic carbocycles. The molecule has 0 aromatic heterocycles. The van der Waals surface area contributed by atoms with E-state index in [1.54, 1.807) is 0 Å². The second-order valence-corrected chi connectivity index (χ2v) is 7.90. The molecule has 0 atom stereocenters. The van der Waals surface area contributed by atoms with Crippen molar-refractivity contribution in [3.8, 4) is 0 Å². The summed E-state index contributed by atoms with van der Waals surface area (Å²) in [5.74, 6) is 0.936. The van der Waals surface area contributed by atoms with Gasteiger partial charge in [0.25, 0.3) is 0 Å². The zero-order chi connectivity index (χ0) is 14.8. The summed E-state index contributed by atoms with van der Waals surface area (Å²) in [4.78, 5) is 2.63. The van der Waals surface area contributed by atoms with Gasteiger partial charge >= 0.3 is 0 Å². The van der Waals surface area contributed by atoms with Gasteiger partial charge in [0.05, 0.1) is 0 Å². The second-order valence-electron chi connectivity index (χ2n) is 7.90. The fraction of sp³-hybridized carbons (Fsp3) is 0.684. The highest BCUT2D eigenvalue weighted by Gasteiger charge is 2.23. The highest BCUT2D eigenvalue weighted by atomic mass is 15.1. The summed E-state index contributed by atoms with van der Waals surface area (Å²) in [5.41, 5.74) is 4.78. The predicted molar refractivity (Wildman–Crippen MR) is 88.0 cm³/mol. The van der Waals surface area contributed by atoms with Crippen molar-refractivity contribution in [1.29, 1.82) is 0 Å². The summed E-state index contributed by atoms with van der Waals surface area (Å²) in [6, 6.07) is 6.91. The lowest BCUT2D eigenvalue weighted by atomic mass is 9.80. The molecule has 1 aliphatic rings. The van der Waals surface area contributed by atoms with Crippen molar-refractivity contribution >= 4 is 0 Å². The minimum Gasteiger partial charge on any atom is -0.299 e. The van der Waals surface area contributed by atoms with Gasteiger partial charge in [-0.05, 0) is 74.2 Å². The van der Waals surface area contributed by atoms with Crippen molar-refractivity contribution < 1.29 is 0 Å². The Labute approximate surface area is 125 Å². The molecule has 1 aliphatic heterocycles. The standard InChI is InChI=1S/C19H31N/c1-15-6-7-18(12-16(15)2)14-20-10-8-17(9-11-20)13-19(3,4)5/h6-7,12,17H,8-11,13-14H2,1-5H3. The van der Waals surface area contributed by atoms with Gasteiger partial charge in [-0.1, -0.05) is 39.0 Å². The lowest BCUT2D eigenvalue weighted by Gasteiger charge is -2.35. The molecule has 1 aromatic carbocycles. The first-order valence-electron chi connectivity index (χ1n) is 8.12. The molecule has 112 valence electrons. The lowest BCUT2D eigenvalue weighted by Crippen LogP contribution is -2.34. The SMILES string of the molecule is Cc1ccc(CN2CCC(CC(C)(C)C)CC2)cc1C. The van der Waals surface area contributed by atoms with Crippen LogP contribution in [0.1, 0.15) is 56.7 Å². The van der Waals surface area contributed by atoms with Gasteiger partial charge in [0.15, 0.2) is 0 Å². The van der Waals surface area contributed by atoms with Crippen molar-refractivity contribution in [2.24, 2.45) is 11.3 Å². The molecule has 20 heavy (non-hydrogen) atoms. The van der Waals surface area contributed by atoms with E-state index >= 15 is 0 Å². The number of hydrogen-bond donors (Lipinski definition) is 0. The first-order chi connectivity index (χ1) is 9.33. The Morgan fingerprint density at radius 1 is 1.05 bits per heavy atom. The van der Waals surface area contributed by atoms with E-state index in [-0.39, 0.29) is 0 Å². The summed E-state index contributed by atoms with van der Waals surface area (Å²) in [6.45, 7) is 15.2. The van der Waals surface area contributed by atoms with Crippen LogP contribution in [-0.2, 0) is 6.54 Å². The monoisotopic (exact) mass is 273 g/mol. The number of aryl methyl sites for hydroxylation is 2. The normalized spacial score (nSPS) is 18.4. The molecule has 1 heteroatoms. The smallest absolute Gasteiger partial charge is 0.0233 e. The van der Waals surface area contributed by atoms with E-state index in [4.69, 9.17) is 0 Å². The van der Waals surface area contributed by atoms with Crippen molar-refractivity contribution in [2.75, 3.05) is 13.1 Å². The number of likely N-dealkylation sites (tertiary alicyclic amines) is 1. The van der Waals surface area contributed by atoms with Gasteiger partial charge in [0, 0.05) is 6.54 Å². The maximum Gasteiger partial charge on any atom is 0.0233 e. The average Bonchev–Trinajstić information content (AvgIpc) is 2.35. The highest BCUT2D eigenvalue weighted by molar-refractivity contribution is 5.29. The third-order valence-corrected chi connectivity index (χ3v) is 4.59. The molecule has 0 bridgehead atoms. The molecule has 0 N–H and O–H groups in total. The third kappa shape index (κ3) is 4.63. The van der Waals surface area contributed by atoms with Crippen molar-refractivity contribution in [3.63, 3.8) is 0 Å². The Kier molecular flexibility index (Phi) is 4.90. The van der Waals surface area contributed by atoms with Crippen LogP contribution in [0.5, 0.6) is 0 Å². The molecular weight excluding hydrogens is 242 g/mol. The van der Waals surface area contributed by atoms with E-state index in [0.717, 1.165) is 12.5 Å². The summed E-state index contributed by atoms with van der Waals surface area (Å²) in [6.07, 6.45) is 4.13. The molecular formula is C19H31N. The third-order valence-electron chi connectivity index (χ3n) is 4.59. The van der Waals surface area contributed by atoms with Crippen LogP contribution in [0, 0.1) is 25.2 Å². The number of piperidine rings is 1. The van der Waals surface area contributed by atoms with Crippen LogP contribution in [-0.4, -0.2) is 18.0 Å². The fourth-order valence-electron chi connectivity index (χ4n) is 3.37. The van der Waals surface area contributed by atoms with Crippen LogP contribution in [0.2, 0.25) is 0 Å². The zero-order valence-electron chi connectivity index (χ0n) is 14.0. The summed E-state index contributed by atoms with van der Waals surface area (Å²) in [7, 11) is 0. The average molecular weight is 273 g/mol. The number of benzene rings is 1. The highest BCUT2D eigenvalue weighted by Crippen LogP contribution is 2.31. The van der Waals surface area contributed by atoms with E-state index in [1.165, 1.54) is 49.0 Å². The molecule has 2 rings (SSSR count). The summed E-state index contributed by atoms with van der Waals surface area (Å²) >= 11 is 0. The first-order valence-corrected chi connectivity index (χ1v) is 8.12. The lowest BCUT2D eigenvalue weighted by molar-refractivity contribution is 0.147. The molecule has 0 saturated carbocycles. The molecule has 1 saturated heterocycles. The Morgan fingerprint density at radius 3 is 2.25 bits per heavy atom. The largest absolute Gasteiger partial charge is 0.299 e. The van der Waals surface area contributed by atoms with E-state index in [0.29, 0.717) is 5.41 Å². The second kappa shape index (κ2) is 6.30. The molecule has 0 unspecified atom stereocenters. The van der Waals surface area contributed by atoms with Gasteiger partial charge in [0.1, 0.15) is 0 Å². The predicted octanol–water partition coefficient (Wildman–Crippen LogP) is 4.95. The maximum atomic E-state index is 2.63.